The number of carboxylic acid groups (broad SMARTS) is 1. The van der Waals surface area contributed by atoms with Crippen molar-refractivity contribution in [3.8, 4) is 5.69 Å². The van der Waals surface area contributed by atoms with Crippen LogP contribution in [0.3, 0.4) is 0 Å². The zero-order chi connectivity index (χ0) is 25.3. The standard InChI is InChI=1S/C26H23N3O5S/c1-15-7-9-20(10-8-15)27-23(30)14-28-24(31)22(35-26(28)34)13-19-11-16(2)29(17(19)3)21-6-4-5-18(12-21)25(32)33/h4-13H,14H2,1-3H3,(H,27,30)(H,32,33). The molecule has 0 saturated carbocycles. The van der Waals surface area contributed by atoms with Crippen molar-refractivity contribution in [3.05, 3.63) is 87.6 Å². The second kappa shape index (κ2) is 9.63. The molecule has 1 saturated heterocycles. The number of rotatable bonds is 6. The van der Waals surface area contributed by atoms with E-state index in [-0.39, 0.29) is 17.0 Å². The molecule has 8 nitrogen and oxygen atoms in total. The van der Waals surface area contributed by atoms with E-state index in [4.69, 9.17) is 0 Å². The molecule has 0 bridgehead atoms. The van der Waals surface area contributed by atoms with Crippen molar-refractivity contribution < 1.29 is 24.3 Å². The van der Waals surface area contributed by atoms with Crippen molar-refractivity contribution in [3.63, 3.8) is 0 Å². The molecule has 0 radical (unpaired) electrons. The summed E-state index contributed by atoms with van der Waals surface area (Å²) in [6.45, 7) is 5.28. The van der Waals surface area contributed by atoms with Gasteiger partial charge in [-0.05, 0) is 80.6 Å². The minimum absolute atomic E-state index is 0.168. The molecule has 1 aliphatic heterocycles. The average Bonchev–Trinajstić information content (AvgIpc) is 3.24. The summed E-state index contributed by atoms with van der Waals surface area (Å²) in [5.41, 5.74) is 4.83. The first-order valence-corrected chi connectivity index (χ1v) is 11.6. The fourth-order valence-corrected chi connectivity index (χ4v) is 4.70. The number of aryl methyl sites for hydroxylation is 2. The summed E-state index contributed by atoms with van der Waals surface area (Å²) in [6, 6.07) is 15.6. The molecular weight excluding hydrogens is 466 g/mol. The third-order valence-electron chi connectivity index (χ3n) is 5.62. The Labute approximate surface area is 206 Å². The van der Waals surface area contributed by atoms with E-state index < -0.39 is 23.0 Å². The van der Waals surface area contributed by atoms with Crippen LogP contribution in [0.15, 0.2) is 59.5 Å². The monoisotopic (exact) mass is 489 g/mol. The Morgan fingerprint density at radius 3 is 2.43 bits per heavy atom. The molecule has 1 aliphatic rings. The van der Waals surface area contributed by atoms with Crippen LogP contribution in [0.25, 0.3) is 11.8 Å². The molecule has 3 aromatic rings. The number of imide groups is 1. The van der Waals surface area contributed by atoms with E-state index >= 15 is 0 Å². The molecule has 2 heterocycles. The van der Waals surface area contributed by atoms with E-state index in [9.17, 15) is 24.3 Å². The second-order valence-electron chi connectivity index (χ2n) is 8.20. The molecule has 0 atom stereocenters. The van der Waals surface area contributed by atoms with Crippen molar-refractivity contribution in [2.24, 2.45) is 0 Å². The maximum Gasteiger partial charge on any atom is 0.335 e. The number of nitrogens with one attached hydrogen (secondary N) is 1. The smallest absolute Gasteiger partial charge is 0.335 e. The zero-order valence-electron chi connectivity index (χ0n) is 19.4. The molecule has 2 aromatic carbocycles. The first-order chi connectivity index (χ1) is 16.6. The normalized spacial score (nSPS) is 14.6. The Balaban J connectivity index is 1.54. The van der Waals surface area contributed by atoms with Crippen LogP contribution in [0, 0.1) is 20.8 Å². The van der Waals surface area contributed by atoms with Crippen LogP contribution in [0.4, 0.5) is 10.5 Å². The van der Waals surface area contributed by atoms with Gasteiger partial charge in [-0.3, -0.25) is 19.3 Å². The Kier molecular flexibility index (Phi) is 6.61. The van der Waals surface area contributed by atoms with Gasteiger partial charge in [0.2, 0.25) is 5.91 Å². The molecule has 35 heavy (non-hydrogen) atoms. The number of carbonyl (C=O) groups excluding carboxylic acids is 3. The molecule has 0 spiro atoms. The third-order valence-corrected chi connectivity index (χ3v) is 6.53. The Bertz CT molecular complexity index is 1390. The van der Waals surface area contributed by atoms with Crippen LogP contribution < -0.4 is 5.32 Å². The molecule has 4 rings (SSSR count). The summed E-state index contributed by atoms with van der Waals surface area (Å²) >= 11 is 0.784. The molecule has 0 unspecified atom stereocenters. The van der Waals surface area contributed by atoms with Crippen LogP contribution in [0.2, 0.25) is 0 Å². The van der Waals surface area contributed by atoms with Gasteiger partial charge >= 0.3 is 5.97 Å². The molecule has 0 aliphatic carbocycles. The van der Waals surface area contributed by atoms with Crippen molar-refractivity contribution in [2.75, 3.05) is 11.9 Å². The number of carboxylic acids is 1. The average molecular weight is 490 g/mol. The Morgan fingerprint density at radius 2 is 1.74 bits per heavy atom. The summed E-state index contributed by atoms with van der Waals surface area (Å²) in [5.74, 6) is -2.01. The van der Waals surface area contributed by atoms with Crippen molar-refractivity contribution in [1.82, 2.24) is 9.47 Å². The first-order valence-electron chi connectivity index (χ1n) is 10.8. The van der Waals surface area contributed by atoms with E-state index in [1.165, 1.54) is 6.07 Å². The highest BCUT2D eigenvalue weighted by molar-refractivity contribution is 8.18. The van der Waals surface area contributed by atoms with Gasteiger partial charge in [0.05, 0.1) is 10.5 Å². The van der Waals surface area contributed by atoms with Gasteiger partial charge < -0.3 is 15.0 Å². The number of thioether (sulfide) groups is 1. The van der Waals surface area contributed by atoms with Crippen LogP contribution >= 0.6 is 11.8 Å². The minimum atomic E-state index is -1.02. The predicted octanol–water partition coefficient (Wildman–Crippen LogP) is 4.78. The lowest BCUT2D eigenvalue weighted by molar-refractivity contribution is -0.127. The summed E-state index contributed by atoms with van der Waals surface area (Å²) in [6.07, 6.45) is 1.63. The van der Waals surface area contributed by atoms with Gasteiger partial charge in [0.1, 0.15) is 6.54 Å². The Hall–Kier alpha value is -4.11. The van der Waals surface area contributed by atoms with Gasteiger partial charge in [-0.2, -0.15) is 0 Å². The number of anilines is 1. The topological polar surface area (TPSA) is 109 Å². The van der Waals surface area contributed by atoms with Crippen molar-refractivity contribution >= 4 is 46.5 Å². The fourth-order valence-electron chi connectivity index (χ4n) is 3.87. The number of hydrogen-bond acceptors (Lipinski definition) is 5. The number of nitrogens with zero attached hydrogens (tertiary/aromatic N) is 2. The lowest BCUT2D eigenvalue weighted by Gasteiger charge is -2.12. The summed E-state index contributed by atoms with van der Waals surface area (Å²) in [7, 11) is 0. The maximum absolute atomic E-state index is 12.9. The van der Waals surface area contributed by atoms with E-state index in [0.29, 0.717) is 11.4 Å². The van der Waals surface area contributed by atoms with E-state index in [1.54, 1.807) is 36.4 Å². The number of aromatic nitrogens is 1. The molecule has 1 fully saturated rings. The molecule has 1 aromatic heterocycles. The molecule has 178 valence electrons. The summed E-state index contributed by atoms with van der Waals surface area (Å²) < 4.78 is 1.89. The van der Waals surface area contributed by atoms with Gasteiger partial charge in [-0.1, -0.05) is 23.8 Å². The van der Waals surface area contributed by atoms with E-state index in [2.05, 4.69) is 5.32 Å². The van der Waals surface area contributed by atoms with Crippen LogP contribution in [0.5, 0.6) is 0 Å². The molecular formula is C26H23N3O5S. The largest absolute Gasteiger partial charge is 0.478 e. The van der Waals surface area contributed by atoms with Crippen LogP contribution in [0.1, 0.15) is 32.9 Å². The third kappa shape index (κ3) is 5.04. The molecule has 3 amide bonds. The number of carbonyl (C=O) groups is 4. The maximum atomic E-state index is 12.9. The van der Waals surface area contributed by atoms with Gasteiger partial charge in [0.25, 0.3) is 11.1 Å². The highest BCUT2D eigenvalue weighted by Crippen LogP contribution is 2.33. The van der Waals surface area contributed by atoms with Gasteiger partial charge in [-0.15, -0.1) is 0 Å². The number of benzene rings is 2. The number of amides is 3. The first kappa shape index (κ1) is 24.0. The van der Waals surface area contributed by atoms with Gasteiger partial charge in [0, 0.05) is 22.8 Å². The lowest BCUT2D eigenvalue weighted by atomic mass is 10.2. The Morgan fingerprint density at radius 1 is 1.03 bits per heavy atom. The predicted molar refractivity (Wildman–Crippen MR) is 135 cm³/mol. The number of aromatic carboxylic acids is 1. The second-order valence-corrected chi connectivity index (χ2v) is 9.19. The fraction of sp³-hybridized carbons (Fsp3) is 0.154. The molecule has 2 N–H and O–H groups in total. The van der Waals surface area contributed by atoms with E-state index in [0.717, 1.165) is 39.2 Å². The highest BCUT2D eigenvalue weighted by Gasteiger charge is 2.36. The quantitative estimate of drug-likeness (QED) is 0.483. The van der Waals surface area contributed by atoms with Crippen molar-refractivity contribution in [2.45, 2.75) is 20.8 Å². The van der Waals surface area contributed by atoms with Crippen molar-refractivity contribution in [1.29, 1.82) is 0 Å². The minimum Gasteiger partial charge on any atom is -0.478 e. The lowest BCUT2D eigenvalue weighted by Crippen LogP contribution is -2.36. The van der Waals surface area contributed by atoms with Crippen LogP contribution in [-0.2, 0) is 9.59 Å². The SMILES string of the molecule is Cc1ccc(NC(=O)CN2C(=O)SC(=Cc3cc(C)n(-c4cccc(C(=O)O)c4)c3C)C2=O)cc1. The van der Waals surface area contributed by atoms with E-state index in [1.807, 2.05) is 43.5 Å². The van der Waals surface area contributed by atoms with Gasteiger partial charge in [0.15, 0.2) is 0 Å². The summed E-state index contributed by atoms with van der Waals surface area (Å²) in [5, 5.41) is 11.5. The number of hydrogen-bond donors (Lipinski definition) is 2. The van der Waals surface area contributed by atoms with Gasteiger partial charge in [-0.25, -0.2) is 4.79 Å². The highest BCUT2D eigenvalue weighted by atomic mass is 32.2. The van der Waals surface area contributed by atoms with Crippen LogP contribution in [-0.4, -0.2) is 44.1 Å². The summed E-state index contributed by atoms with van der Waals surface area (Å²) in [4.78, 5) is 50.3. The zero-order valence-corrected chi connectivity index (χ0v) is 20.2. The molecule has 9 heteroatoms.